The van der Waals surface area contributed by atoms with Crippen LogP contribution in [0.1, 0.15) is 30.2 Å². The second-order valence-electron chi connectivity index (χ2n) is 3.56. The molecule has 4 heteroatoms. The van der Waals surface area contributed by atoms with Crippen LogP contribution in [-0.2, 0) is 0 Å². The minimum Gasteiger partial charge on any atom is -0.322 e. The molecular formula is C10H14ClNS2. The van der Waals surface area contributed by atoms with Gasteiger partial charge < -0.3 is 5.73 Å². The number of hydrogen-bond donors (Lipinski definition) is 1. The zero-order chi connectivity index (χ0) is 9.97. The Morgan fingerprint density at radius 1 is 1.50 bits per heavy atom. The highest BCUT2D eigenvalue weighted by atomic mass is 35.5. The van der Waals surface area contributed by atoms with E-state index in [0.717, 1.165) is 9.90 Å². The van der Waals surface area contributed by atoms with E-state index in [-0.39, 0.29) is 6.04 Å². The maximum absolute atomic E-state index is 6.22. The standard InChI is InChI=1S/C10H14ClNS2/c11-7-4-6-14-10(7)9(12)8-3-1-2-5-13-8/h4,6,8-9H,1-3,5,12H2. The van der Waals surface area contributed by atoms with Gasteiger partial charge in [0.15, 0.2) is 0 Å². The topological polar surface area (TPSA) is 26.0 Å². The molecule has 2 atom stereocenters. The first-order valence-corrected chi connectivity index (χ1v) is 7.20. The Morgan fingerprint density at radius 3 is 2.93 bits per heavy atom. The molecule has 1 aromatic rings. The molecule has 14 heavy (non-hydrogen) atoms. The fraction of sp³-hybridized carbons (Fsp3) is 0.600. The van der Waals surface area contributed by atoms with Crippen molar-refractivity contribution in [2.45, 2.75) is 30.6 Å². The molecule has 0 amide bonds. The summed E-state index contributed by atoms with van der Waals surface area (Å²) < 4.78 is 0. The van der Waals surface area contributed by atoms with Crippen molar-refractivity contribution in [2.24, 2.45) is 5.73 Å². The lowest BCUT2D eigenvalue weighted by molar-refractivity contribution is 0.588. The molecule has 1 aliphatic heterocycles. The lowest BCUT2D eigenvalue weighted by atomic mass is 10.1. The van der Waals surface area contributed by atoms with Gasteiger partial charge in [0.05, 0.1) is 11.1 Å². The molecule has 0 spiro atoms. The Bertz CT molecular complexity index is 294. The van der Waals surface area contributed by atoms with Crippen molar-refractivity contribution in [3.05, 3.63) is 21.3 Å². The van der Waals surface area contributed by atoms with Crippen LogP contribution in [0.2, 0.25) is 5.02 Å². The van der Waals surface area contributed by atoms with E-state index in [1.165, 1.54) is 25.0 Å². The molecule has 78 valence electrons. The summed E-state index contributed by atoms with van der Waals surface area (Å²) in [6.45, 7) is 0. The van der Waals surface area contributed by atoms with Crippen LogP contribution in [-0.4, -0.2) is 11.0 Å². The molecule has 0 aliphatic carbocycles. The molecule has 2 unspecified atom stereocenters. The maximum Gasteiger partial charge on any atom is 0.0561 e. The number of nitrogens with two attached hydrogens (primary N) is 1. The zero-order valence-corrected chi connectivity index (χ0v) is 10.3. The molecule has 2 N–H and O–H groups in total. The van der Waals surface area contributed by atoms with Crippen molar-refractivity contribution in [2.75, 3.05) is 5.75 Å². The van der Waals surface area contributed by atoms with E-state index in [1.807, 2.05) is 23.2 Å². The van der Waals surface area contributed by atoms with Crippen LogP contribution in [0.4, 0.5) is 0 Å². The van der Waals surface area contributed by atoms with Crippen LogP contribution < -0.4 is 5.73 Å². The van der Waals surface area contributed by atoms with Gasteiger partial charge in [-0.25, -0.2) is 0 Å². The summed E-state index contributed by atoms with van der Waals surface area (Å²) in [6, 6.07) is 2.07. The van der Waals surface area contributed by atoms with Crippen LogP contribution in [0.25, 0.3) is 0 Å². The molecule has 2 rings (SSSR count). The third-order valence-corrected chi connectivity index (χ3v) is 5.50. The van der Waals surface area contributed by atoms with Crippen LogP contribution in [0, 0.1) is 0 Å². The minimum atomic E-state index is 0.132. The number of hydrogen-bond acceptors (Lipinski definition) is 3. The van der Waals surface area contributed by atoms with Crippen molar-refractivity contribution in [3.8, 4) is 0 Å². The third-order valence-electron chi connectivity index (χ3n) is 2.56. The van der Waals surface area contributed by atoms with Gasteiger partial charge in [0.1, 0.15) is 0 Å². The number of rotatable bonds is 2. The zero-order valence-electron chi connectivity index (χ0n) is 7.91. The molecule has 1 aliphatic rings. The van der Waals surface area contributed by atoms with Gasteiger partial charge in [-0.3, -0.25) is 0 Å². The average molecular weight is 248 g/mol. The monoisotopic (exact) mass is 247 g/mol. The summed E-state index contributed by atoms with van der Waals surface area (Å²) in [7, 11) is 0. The first kappa shape index (κ1) is 10.8. The SMILES string of the molecule is NC(c1sccc1Cl)C1CCCCS1. The summed E-state index contributed by atoms with van der Waals surface area (Å²) in [5.74, 6) is 1.25. The molecule has 1 saturated heterocycles. The predicted octanol–water partition coefficient (Wildman–Crippen LogP) is 3.69. The summed E-state index contributed by atoms with van der Waals surface area (Å²) in [4.78, 5) is 1.16. The Morgan fingerprint density at radius 2 is 2.36 bits per heavy atom. The predicted molar refractivity (Wildman–Crippen MR) is 66.4 cm³/mol. The summed E-state index contributed by atoms with van der Waals surface area (Å²) in [6.07, 6.45) is 3.89. The van der Waals surface area contributed by atoms with Crippen molar-refractivity contribution < 1.29 is 0 Å². The van der Waals surface area contributed by atoms with Crippen molar-refractivity contribution in [3.63, 3.8) is 0 Å². The van der Waals surface area contributed by atoms with Crippen LogP contribution in [0.5, 0.6) is 0 Å². The minimum absolute atomic E-state index is 0.132. The smallest absolute Gasteiger partial charge is 0.0561 e. The molecule has 1 nitrogen and oxygen atoms in total. The van der Waals surface area contributed by atoms with E-state index in [2.05, 4.69) is 0 Å². The Balaban J connectivity index is 2.07. The highest BCUT2D eigenvalue weighted by molar-refractivity contribution is 8.00. The summed E-state index contributed by atoms with van der Waals surface area (Å²) in [5, 5.41) is 3.43. The molecule has 2 heterocycles. The summed E-state index contributed by atoms with van der Waals surface area (Å²) >= 11 is 9.76. The molecule has 0 saturated carbocycles. The first-order chi connectivity index (χ1) is 6.79. The van der Waals surface area contributed by atoms with Gasteiger partial charge in [-0.15, -0.1) is 11.3 Å². The van der Waals surface area contributed by atoms with Gasteiger partial charge in [0.2, 0.25) is 0 Å². The van der Waals surface area contributed by atoms with Crippen LogP contribution in [0.15, 0.2) is 11.4 Å². The van der Waals surface area contributed by atoms with E-state index in [1.54, 1.807) is 11.3 Å². The molecule has 0 aromatic carbocycles. The average Bonchev–Trinajstić information content (AvgIpc) is 2.65. The van der Waals surface area contributed by atoms with E-state index >= 15 is 0 Å². The fourth-order valence-corrected chi connectivity index (χ4v) is 4.45. The quantitative estimate of drug-likeness (QED) is 0.863. The number of halogens is 1. The van der Waals surface area contributed by atoms with E-state index < -0.39 is 0 Å². The summed E-state index contributed by atoms with van der Waals surface area (Å²) in [5.41, 5.74) is 6.22. The molecular weight excluding hydrogens is 234 g/mol. The lowest BCUT2D eigenvalue weighted by Crippen LogP contribution is -2.25. The van der Waals surface area contributed by atoms with Crippen molar-refractivity contribution >= 4 is 34.7 Å². The van der Waals surface area contributed by atoms with Crippen LogP contribution in [0.3, 0.4) is 0 Å². The Kier molecular flexibility index (Phi) is 3.77. The highest BCUT2D eigenvalue weighted by Crippen LogP contribution is 2.37. The van der Waals surface area contributed by atoms with E-state index in [9.17, 15) is 0 Å². The Hall–Kier alpha value is 0.300. The van der Waals surface area contributed by atoms with Gasteiger partial charge in [-0.05, 0) is 30.0 Å². The second-order valence-corrected chi connectivity index (χ2v) is 6.27. The lowest BCUT2D eigenvalue weighted by Gasteiger charge is -2.26. The van der Waals surface area contributed by atoms with Gasteiger partial charge in [0.25, 0.3) is 0 Å². The third kappa shape index (κ3) is 2.27. The second kappa shape index (κ2) is 4.88. The molecule has 0 bridgehead atoms. The first-order valence-electron chi connectivity index (χ1n) is 4.89. The highest BCUT2D eigenvalue weighted by Gasteiger charge is 2.24. The normalized spacial score (nSPS) is 24.9. The fourth-order valence-electron chi connectivity index (χ4n) is 1.76. The van der Waals surface area contributed by atoms with Crippen molar-refractivity contribution in [1.29, 1.82) is 0 Å². The van der Waals surface area contributed by atoms with Gasteiger partial charge in [-0.1, -0.05) is 18.0 Å². The van der Waals surface area contributed by atoms with Gasteiger partial charge >= 0.3 is 0 Å². The molecule has 1 fully saturated rings. The molecule has 1 aromatic heterocycles. The number of thioether (sulfide) groups is 1. The number of thiophene rings is 1. The van der Waals surface area contributed by atoms with Gasteiger partial charge in [0, 0.05) is 10.1 Å². The van der Waals surface area contributed by atoms with Crippen LogP contribution >= 0.6 is 34.7 Å². The van der Waals surface area contributed by atoms with Gasteiger partial charge in [-0.2, -0.15) is 11.8 Å². The van der Waals surface area contributed by atoms with E-state index in [4.69, 9.17) is 17.3 Å². The van der Waals surface area contributed by atoms with Crippen molar-refractivity contribution in [1.82, 2.24) is 0 Å². The molecule has 0 radical (unpaired) electrons. The Labute approximate surface area is 98.0 Å². The maximum atomic E-state index is 6.22. The largest absolute Gasteiger partial charge is 0.322 e. The van der Waals surface area contributed by atoms with E-state index in [0.29, 0.717) is 5.25 Å².